The fourth-order valence-corrected chi connectivity index (χ4v) is 5.80. The molecule has 10 heteroatoms. The predicted molar refractivity (Wildman–Crippen MR) is 165 cm³/mol. The van der Waals surface area contributed by atoms with Gasteiger partial charge in [-0.15, -0.1) is 0 Å². The molecule has 0 spiro atoms. The number of aromatic nitrogens is 1. The smallest absolute Gasteiger partial charge is 0.376 e. The first-order valence-corrected chi connectivity index (χ1v) is 14.1. The SMILES string of the molecule is COc1ccc2cc3[n+](c(OC)c2c1)CCc1cc2c(cc1-3)OCO2.O=c1cc(-c2ccccc2)oc2cc(O)c(O)c(O)c12. The molecule has 8 rings (SSSR count). The highest BCUT2D eigenvalue weighted by Gasteiger charge is 2.31. The minimum atomic E-state index is -0.739. The van der Waals surface area contributed by atoms with Crippen molar-refractivity contribution in [1.29, 1.82) is 0 Å². The van der Waals surface area contributed by atoms with E-state index in [2.05, 4.69) is 28.8 Å². The summed E-state index contributed by atoms with van der Waals surface area (Å²) in [5.74, 6) is 1.66. The van der Waals surface area contributed by atoms with Gasteiger partial charge in [0.25, 0.3) is 0 Å². The number of aryl methyl sites for hydroxylation is 1. The Kier molecular flexibility index (Phi) is 6.81. The van der Waals surface area contributed by atoms with Crippen molar-refractivity contribution in [3.63, 3.8) is 0 Å². The lowest BCUT2D eigenvalue weighted by atomic mass is 9.95. The molecule has 2 aliphatic heterocycles. The molecule has 2 aliphatic rings. The van der Waals surface area contributed by atoms with Crippen molar-refractivity contribution >= 4 is 21.7 Å². The molecule has 0 aliphatic carbocycles. The maximum absolute atomic E-state index is 12.0. The van der Waals surface area contributed by atoms with Gasteiger partial charge in [0.15, 0.2) is 35.0 Å². The molecule has 2 aromatic heterocycles. The van der Waals surface area contributed by atoms with Crippen molar-refractivity contribution < 1.29 is 43.3 Å². The third kappa shape index (κ3) is 4.76. The average molecular weight is 607 g/mol. The molecule has 0 bridgehead atoms. The largest absolute Gasteiger partial charge is 0.504 e. The maximum Gasteiger partial charge on any atom is 0.376 e. The summed E-state index contributed by atoms with van der Waals surface area (Å²) in [5, 5.41) is 30.6. The minimum absolute atomic E-state index is 0.00385. The number of rotatable bonds is 3. The summed E-state index contributed by atoms with van der Waals surface area (Å²) in [6.07, 6.45) is 0.926. The molecule has 3 N–H and O–H groups in total. The molecule has 6 aromatic rings. The first kappa shape index (κ1) is 27.9. The number of benzene rings is 4. The third-order valence-corrected chi connectivity index (χ3v) is 8.00. The van der Waals surface area contributed by atoms with Crippen molar-refractivity contribution in [3.05, 3.63) is 94.6 Å². The maximum atomic E-state index is 12.0. The Bertz CT molecular complexity index is 2170. The zero-order chi connectivity index (χ0) is 31.2. The predicted octanol–water partition coefficient (Wildman–Crippen LogP) is 5.67. The number of pyridine rings is 1. The summed E-state index contributed by atoms with van der Waals surface area (Å²) in [6.45, 7) is 1.15. The highest BCUT2D eigenvalue weighted by Crippen LogP contribution is 2.42. The van der Waals surface area contributed by atoms with Crippen molar-refractivity contribution in [2.75, 3.05) is 21.0 Å². The lowest BCUT2D eigenvalue weighted by Gasteiger charge is -2.18. The van der Waals surface area contributed by atoms with E-state index in [1.807, 2.05) is 18.2 Å². The number of phenols is 3. The van der Waals surface area contributed by atoms with Crippen LogP contribution in [0, 0.1) is 0 Å². The van der Waals surface area contributed by atoms with Crippen LogP contribution in [0.25, 0.3) is 44.3 Å². The Morgan fingerprint density at radius 1 is 0.822 bits per heavy atom. The van der Waals surface area contributed by atoms with E-state index in [0.717, 1.165) is 58.6 Å². The van der Waals surface area contributed by atoms with Gasteiger partial charge >= 0.3 is 5.88 Å². The molecule has 0 unspecified atom stereocenters. The van der Waals surface area contributed by atoms with Crippen LogP contribution in [0.3, 0.4) is 0 Å². The number of fused-ring (bicyclic) bond motifs is 6. The van der Waals surface area contributed by atoms with Gasteiger partial charge in [-0.05, 0) is 35.2 Å². The highest BCUT2D eigenvalue weighted by atomic mass is 16.7. The van der Waals surface area contributed by atoms with E-state index in [0.29, 0.717) is 18.1 Å². The summed E-state index contributed by atoms with van der Waals surface area (Å²) in [5.41, 5.74) is 3.78. The topological polar surface area (TPSA) is 132 Å². The summed E-state index contributed by atoms with van der Waals surface area (Å²) in [4.78, 5) is 12.0. The molecule has 226 valence electrons. The molecule has 0 atom stereocenters. The van der Waals surface area contributed by atoms with Crippen LogP contribution in [0.4, 0.5) is 0 Å². The van der Waals surface area contributed by atoms with Crippen LogP contribution < -0.4 is 28.9 Å². The van der Waals surface area contributed by atoms with Crippen molar-refractivity contribution in [2.45, 2.75) is 13.0 Å². The average Bonchev–Trinajstić information content (AvgIpc) is 3.53. The molecule has 0 amide bonds. The van der Waals surface area contributed by atoms with Gasteiger partial charge in [0.1, 0.15) is 22.5 Å². The van der Waals surface area contributed by atoms with Crippen molar-refractivity contribution in [3.8, 4) is 63.0 Å². The van der Waals surface area contributed by atoms with Crippen LogP contribution in [0.1, 0.15) is 5.56 Å². The molecular weight excluding hydrogens is 578 g/mol. The molecule has 10 nitrogen and oxygen atoms in total. The van der Waals surface area contributed by atoms with Crippen LogP contribution in [-0.4, -0.2) is 36.3 Å². The van der Waals surface area contributed by atoms with Gasteiger partial charge in [-0.1, -0.05) is 36.4 Å². The quantitative estimate of drug-likeness (QED) is 0.172. The van der Waals surface area contributed by atoms with Gasteiger partial charge in [-0.2, -0.15) is 4.57 Å². The number of phenolic OH excluding ortho intramolecular Hbond substituents is 3. The second kappa shape index (κ2) is 11.0. The minimum Gasteiger partial charge on any atom is -0.504 e. The third-order valence-electron chi connectivity index (χ3n) is 8.00. The monoisotopic (exact) mass is 606 g/mol. The Morgan fingerprint density at radius 3 is 2.36 bits per heavy atom. The second-order valence-corrected chi connectivity index (χ2v) is 10.6. The first-order valence-electron chi connectivity index (χ1n) is 14.1. The molecule has 0 saturated carbocycles. The molecule has 4 aromatic carbocycles. The molecular formula is C35H28NO9+. The number of methoxy groups -OCH3 is 2. The Hall–Kier alpha value is -5.90. The van der Waals surface area contributed by atoms with Crippen LogP contribution in [-0.2, 0) is 13.0 Å². The lowest BCUT2D eigenvalue weighted by Crippen LogP contribution is -2.41. The zero-order valence-electron chi connectivity index (χ0n) is 24.4. The van der Waals surface area contributed by atoms with E-state index in [-0.39, 0.29) is 11.0 Å². The first-order chi connectivity index (χ1) is 21.9. The lowest BCUT2D eigenvalue weighted by molar-refractivity contribution is -0.691. The van der Waals surface area contributed by atoms with Crippen molar-refractivity contribution in [1.82, 2.24) is 0 Å². The Morgan fingerprint density at radius 2 is 1.60 bits per heavy atom. The highest BCUT2D eigenvalue weighted by molar-refractivity contribution is 5.90. The number of hydrogen-bond donors (Lipinski definition) is 3. The fourth-order valence-electron chi connectivity index (χ4n) is 5.80. The Labute approximate surface area is 256 Å². The van der Waals surface area contributed by atoms with Crippen LogP contribution in [0.15, 0.2) is 88.1 Å². The molecule has 0 radical (unpaired) electrons. The van der Waals surface area contributed by atoms with E-state index in [1.54, 1.807) is 38.5 Å². The second-order valence-electron chi connectivity index (χ2n) is 10.6. The standard InChI is InChI=1S/C20H18NO4.C15H10O5/c1-22-14-4-3-12-7-17-15-10-19-18(24-11-25-19)8-13(15)5-6-21(17)20(23-2)16(12)9-14;16-9-6-11(8-4-2-1-3-5-8)20-12-7-10(17)14(18)15(19)13(9)12/h3-4,7-10H,5-6,11H2,1-2H3;1-7,17-19H/q+1;. The Balaban J connectivity index is 0.000000149. The fraction of sp³-hybridized carbons (Fsp3) is 0.143. The van der Waals surface area contributed by atoms with Gasteiger partial charge in [-0.25, -0.2) is 0 Å². The number of nitrogens with zero attached hydrogens (tertiary/aromatic N) is 1. The van der Waals surface area contributed by atoms with E-state index in [1.165, 1.54) is 17.2 Å². The molecule has 45 heavy (non-hydrogen) atoms. The van der Waals surface area contributed by atoms with E-state index >= 15 is 0 Å². The van der Waals surface area contributed by atoms with Crippen molar-refractivity contribution in [2.24, 2.45) is 0 Å². The summed E-state index contributed by atoms with van der Waals surface area (Å²) in [7, 11) is 3.40. The zero-order valence-corrected chi connectivity index (χ0v) is 24.4. The van der Waals surface area contributed by atoms with Crippen LogP contribution >= 0.6 is 0 Å². The summed E-state index contributed by atoms with van der Waals surface area (Å²) < 4.78 is 30.0. The van der Waals surface area contributed by atoms with Crippen LogP contribution in [0.2, 0.25) is 0 Å². The van der Waals surface area contributed by atoms with E-state index in [4.69, 9.17) is 23.4 Å². The molecule has 0 fully saturated rings. The number of hydrogen-bond acceptors (Lipinski definition) is 9. The van der Waals surface area contributed by atoms with Gasteiger partial charge in [0.05, 0.1) is 25.2 Å². The van der Waals surface area contributed by atoms with Gasteiger partial charge < -0.3 is 38.7 Å². The van der Waals surface area contributed by atoms with Crippen LogP contribution in [0.5, 0.6) is 40.4 Å². The summed E-state index contributed by atoms with van der Waals surface area (Å²) >= 11 is 0. The van der Waals surface area contributed by atoms with Gasteiger partial charge in [-0.3, -0.25) is 4.79 Å². The number of ether oxygens (including phenoxy) is 4. The van der Waals surface area contributed by atoms with Gasteiger partial charge in [0, 0.05) is 30.2 Å². The van der Waals surface area contributed by atoms with Gasteiger partial charge in [0.2, 0.25) is 18.2 Å². The number of aromatic hydroxyl groups is 3. The van der Waals surface area contributed by atoms with E-state index in [9.17, 15) is 20.1 Å². The molecule has 0 saturated heterocycles. The molecule has 4 heterocycles. The van der Waals surface area contributed by atoms with E-state index < -0.39 is 22.7 Å². The normalized spacial score (nSPS) is 12.7. The summed E-state index contributed by atoms with van der Waals surface area (Å²) in [6, 6.07) is 23.7.